The SMILES string of the molecule is CC1CCc2c(sc3nc(CSC4=NCCN4)[nH]c(=O)c23)C1. The topological polar surface area (TPSA) is 70.1 Å². The number of nitrogens with zero attached hydrogens (tertiary/aromatic N) is 2. The lowest BCUT2D eigenvalue weighted by molar-refractivity contribution is 0.509. The van der Waals surface area contributed by atoms with Crippen LogP contribution in [0, 0.1) is 5.92 Å². The highest BCUT2D eigenvalue weighted by Crippen LogP contribution is 2.35. The lowest BCUT2D eigenvalue weighted by Gasteiger charge is -2.17. The Bertz CT molecular complexity index is 808. The van der Waals surface area contributed by atoms with Gasteiger partial charge in [-0.15, -0.1) is 11.3 Å². The summed E-state index contributed by atoms with van der Waals surface area (Å²) in [6, 6.07) is 0. The zero-order valence-electron chi connectivity index (χ0n) is 12.4. The van der Waals surface area contributed by atoms with Crippen LogP contribution in [0.3, 0.4) is 0 Å². The molecule has 2 N–H and O–H groups in total. The van der Waals surface area contributed by atoms with Gasteiger partial charge in [-0.1, -0.05) is 18.7 Å². The van der Waals surface area contributed by atoms with Crippen molar-refractivity contribution in [3.05, 3.63) is 26.6 Å². The van der Waals surface area contributed by atoms with Gasteiger partial charge >= 0.3 is 0 Å². The number of aromatic amines is 1. The molecule has 5 nitrogen and oxygen atoms in total. The van der Waals surface area contributed by atoms with Gasteiger partial charge in [0.25, 0.3) is 5.56 Å². The van der Waals surface area contributed by atoms with Crippen molar-refractivity contribution in [2.45, 2.75) is 31.9 Å². The van der Waals surface area contributed by atoms with Crippen molar-refractivity contribution < 1.29 is 0 Å². The molecule has 1 unspecified atom stereocenters. The van der Waals surface area contributed by atoms with Crippen LogP contribution in [0.2, 0.25) is 0 Å². The molecule has 0 saturated heterocycles. The second kappa shape index (κ2) is 5.70. The molecule has 1 aliphatic heterocycles. The van der Waals surface area contributed by atoms with Crippen LogP contribution in [0.5, 0.6) is 0 Å². The molecular weight excluding hydrogens is 316 g/mol. The van der Waals surface area contributed by atoms with E-state index in [1.54, 1.807) is 23.1 Å². The number of aliphatic imine (C=N–C) groups is 1. The van der Waals surface area contributed by atoms with Gasteiger partial charge in [0.1, 0.15) is 10.7 Å². The number of rotatable bonds is 2. The minimum Gasteiger partial charge on any atom is -0.363 e. The van der Waals surface area contributed by atoms with E-state index in [0.717, 1.165) is 47.1 Å². The highest BCUT2D eigenvalue weighted by atomic mass is 32.2. The van der Waals surface area contributed by atoms with Crippen molar-refractivity contribution in [1.29, 1.82) is 0 Å². The second-order valence-corrected chi connectivity index (χ2v) is 7.99. The highest BCUT2D eigenvalue weighted by Gasteiger charge is 2.23. The van der Waals surface area contributed by atoms with Gasteiger partial charge in [-0.05, 0) is 30.7 Å². The van der Waals surface area contributed by atoms with Crippen LogP contribution >= 0.6 is 23.1 Å². The maximum Gasteiger partial charge on any atom is 0.259 e. The summed E-state index contributed by atoms with van der Waals surface area (Å²) in [7, 11) is 0. The highest BCUT2D eigenvalue weighted by molar-refractivity contribution is 8.13. The lowest BCUT2D eigenvalue weighted by atomic mass is 9.89. The number of aryl methyl sites for hydroxylation is 1. The first kappa shape index (κ1) is 14.3. The predicted molar refractivity (Wildman–Crippen MR) is 93.0 cm³/mol. The van der Waals surface area contributed by atoms with E-state index in [1.165, 1.54) is 16.9 Å². The van der Waals surface area contributed by atoms with E-state index in [2.05, 4.69) is 27.2 Å². The molecule has 2 aliphatic rings. The molecule has 0 bridgehead atoms. The van der Waals surface area contributed by atoms with Crippen LogP contribution in [0.25, 0.3) is 10.2 Å². The van der Waals surface area contributed by atoms with E-state index < -0.39 is 0 Å². The van der Waals surface area contributed by atoms with E-state index in [4.69, 9.17) is 0 Å². The molecule has 116 valence electrons. The summed E-state index contributed by atoms with van der Waals surface area (Å²) in [6.07, 6.45) is 3.26. The van der Waals surface area contributed by atoms with Crippen molar-refractivity contribution in [3.8, 4) is 0 Å². The molecule has 0 radical (unpaired) electrons. The molecule has 4 rings (SSSR count). The summed E-state index contributed by atoms with van der Waals surface area (Å²) in [6.45, 7) is 4.02. The Morgan fingerprint density at radius 1 is 1.45 bits per heavy atom. The van der Waals surface area contributed by atoms with Crippen molar-refractivity contribution in [2.24, 2.45) is 10.9 Å². The largest absolute Gasteiger partial charge is 0.363 e. The smallest absolute Gasteiger partial charge is 0.259 e. The first-order chi connectivity index (χ1) is 10.7. The Hall–Kier alpha value is -1.34. The van der Waals surface area contributed by atoms with Crippen LogP contribution in [0.1, 0.15) is 29.6 Å². The number of fused-ring (bicyclic) bond motifs is 3. The number of amidine groups is 1. The molecule has 0 aromatic carbocycles. The summed E-state index contributed by atoms with van der Waals surface area (Å²) < 4.78 is 0. The minimum atomic E-state index is 0.0222. The molecule has 0 fully saturated rings. The van der Waals surface area contributed by atoms with Crippen molar-refractivity contribution in [3.63, 3.8) is 0 Å². The Kier molecular flexibility index (Phi) is 3.69. The van der Waals surface area contributed by atoms with Crippen molar-refractivity contribution in [2.75, 3.05) is 13.1 Å². The molecule has 0 spiro atoms. The van der Waals surface area contributed by atoms with Gasteiger partial charge in [-0.25, -0.2) is 4.98 Å². The molecule has 7 heteroatoms. The Balaban J connectivity index is 1.66. The van der Waals surface area contributed by atoms with E-state index in [-0.39, 0.29) is 5.56 Å². The van der Waals surface area contributed by atoms with E-state index in [1.807, 2.05) is 0 Å². The fraction of sp³-hybridized carbons (Fsp3) is 0.533. The first-order valence-corrected chi connectivity index (χ1v) is 9.45. The molecule has 1 atom stereocenters. The Morgan fingerprint density at radius 3 is 3.18 bits per heavy atom. The van der Waals surface area contributed by atoms with Gasteiger partial charge in [0.05, 0.1) is 17.7 Å². The monoisotopic (exact) mass is 334 g/mol. The quantitative estimate of drug-likeness (QED) is 0.884. The molecule has 2 aromatic heterocycles. The van der Waals surface area contributed by atoms with Crippen molar-refractivity contribution in [1.82, 2.24) is 15.3 Å². The maximum absolute atomic E-state index is 12.5. The molecule has 0 amide bonds. The summed E-state index contributed by atoms with van der Waals surface area (Å²) in [5.41, 5.74) is 1.27. The number of nitrogens with one attached hydrogen (secondary N) is 2. The first-order valence-electron chi connectivity index (χ1n) is 7.65. The Morgan fingerprint density at radius 2 is 2.36 bits per heavy atom. The van der Waals surface area contributed by atoms with Crippen LogP contribution in [-0.4, -0.2) is 28.2 Å². The van der Waals surface area contributed by atoms with E-state index in [9.17, 15) is 4.79 Å². The molecule has 0 saturated carbocycles. The lowest BCUT2D eigenvalue weighted by Crippen LogP contribution is -2.17. The Labute approximate surface area is 136 Å². The van der Waals surface area contributed by atoms with Crippen molar-refractivity contribution >= 4 is 38.5 Å². The number of thioether (sulfide) groups is 1. The fourth-order valence-electron chi connectivity index (χ4n) is 3.07. The van der Waals surface area contributed by atoms with Gasteiger partial charge in [0.2, 0.25) is 0 Å². The molecule has 3 heterocycles. The van der Waals surface area contributed by atoms with Crippen LogP contribution in [0.15, 0.2) is 9.79 Å². The number of H-pyrrole nitrogens is 1. The van der Waals surface area contributed by atoms with E-state index >= 15 is 0 Å². The number of hydrogen-bond acceptors (Lipinski definition) is 6. The standard InChI is InChI=1S/C15H18N4OS2/c1-8-2-3-9-10(6-8)22-14-12(9)13(20)18-11(19-14)7-21-15-16-4-5-17-15/h8H,2-7H2,1H3,(H,16,17)(H,18,19,20). The third-order valence-electron chi connectivity index (χ3n) is 4.20. The fourth-order valence-corrected chi connectivity index (χ4v) is 5.27. The normalized spacial score (nSPS) is 20.8. The zero-order chi connectivity index (χ0) is 15.1. The zero-order valence-corrected chi connectivity index (χ0v) is 14.1. The van der Waals surface area contributed by atoms with Gasteiger partial charge in [0.15, 0.2) is 5.17 Å². The summed E-state index contributed by atoms with van der Waals surface area (Å²) in [5, 5.41) is 5.00. The van der Waals surface area contributed by atoms with Gasteiger partial charge < -0.3 is 10.3 Å². The summed E-state index contributed by atoms with van der Waals surface area (Å²) in [5.74, 6) is 2.10. The third-order valence-corrected chi connectivity index (χ3v) is 6.32. The summed E-state index contributed by atoms with van der Waals surface area (Å²) >= 11 is 3.30. The maximum atomic E-state index is 12.5. The minimum absolute atomic E-state index is 0.0222. The predicted octanol–water partition coefficient (Wildman–Crippen LogP) is 2.30. The van der Waals surface area contributed by atoms with Crippen LogP contribution < -0.4 is 10.9 Å². The second-order valence-electron chi connectivity index (χ2n) is 5.95. The van der Waals surface area contributed by atoms with E-state index in [0.29, 0.717) is 11.7 Å². The number of thiophene rings is 1. The van der Waals surface area contributed by atoms with Crippen LogP contribution in [-0.2, 0) is 18.6 Å². The average molecular weight is 334 g/mol. The summed E-state index contributed by atoms with van der Waals surface area (Å²) in [4.78, 5) is 26.7. The molecular formula is C15H18N4OS2. The van der Waals surface area contributed by atoms with Gasteiger partial charge in [0, 0.05) is 11.4 Å². The van der Waals surface area contributed by atoms with Crippen LogP contribution in [0.4, 0.5) is 0 Å². The molecule has 1 aliphatic carbocycles. The third kappa shape index (κ3) is 2.56. The van der Waals surface area contributed by atoms with Gasteiger partial charge in [-0.3, -0.25) is 9.79 Å². The number of aromatic nitrogens is 2. The van der Waals surface area contributed by atoms with Gasteiger partial charge in [-0.2, -0.15) is 0 Å². The average Bonchev–Trinajstić information content (AvgIpc) is 3.11. The number of hydrogen-bond donors (Lipinski definition) is 2. The molecule has 22 heavy (non-hydrogen) atoms. The molecule has 2 aromatic rings.